The summed E-state index contributed by atoms with van der Waals surface area (Å²) in [6.07, 6.45) is 1.11. The number of carbonyl (C=O) groups excluding carboxylic acids is 10. The summed E-state index contributed by atoms with van der Waals surface area (Å²) >= 11 is 0. The Hall–Kier alpha value is -6.19. The molecule has 78 heavy (non-hydrogen) atoms. The number of hydrogen-bond donors (Lipinski definition) is 16. The molecular weight excluding hydrogens is 1010 g/mol. The minimum atomic E-state index is -1.63. The highest BCUT2D eigenvalue weighted by Crippen LogP contribution is 2.13. The minimum absolute atomic E-state index is 0.00284. The summed E-state index contributed by atoms with van der Waals surface area (Å²) in [5.74, 6) is -8.05. The monoisotopic (exact) mass is 1110 g/mol. The first-order chi connectivity index (χ1) is 36.5. The number of rotatable bonds is 40. The number of amides is 10. The van der Waals surface area contributed by atoms with Gasteiger partial charge in [0.1, 0.15) is 54.4 Å². The van der Waals surface area contributed by atoms with Crippen LogP contribution in [-0.2, 0) is 47.9 Å². The van der Waals surface area contributed by atoms with Gasteiger partial charge >= 0.3 is 0 Å². The highest BCUT2D eigenvalue weighted by molar-refractivity contribution is 5.98. The van der Waals surface area contributed by atoms with Crippen LogP contribution in [0.2, 0.25) is 0 Å². The molecule has 27 nitrogen and oxygen atoms in total. The van der Waals surface area contributed by atoms with Crippen LogP contribution in [0.15, 0.2) is 4.99 Å². The quantitative estimate of drug-likeness (QED) is 0.0162. The van der Waals surface area contributed by atoms with Crippen molar-refractivity contribution >= 4 is 65.0 Å². The van der Waals surface area contributed by atoms with Crippen LogP contribution in [0.4, 0.5) is 0 Å². The van der Waals surface area contributed by atoms with Crippen molar-refractivity contribution in [3.8, 4) is 0 Å². The second kappa shape index (κ2) is 38.4. The molecule has 10 amide bonds. The Kier molecular flexibility index (Phi) is 35.3. The molecule has 0 fully saturated rings. The van der Waals surface area contributed by atoms with Gasteiger partial charge in [-0.25, -0.2) is 0 Å². The van der Waals surface area contributed by atoms with Gasteiger partial charge in [-0.15, -0.1) is 0 Å². The fourth-order valence-corrected chi connectivity index (χ4v) is 8.06. The van der Waals surface area contributed by atoms with E-state index >= 15 is 0 Å². The van der Waals surface area contributed by atoms with Crippen molar-refractivity contribution < 1.29 is 53.1 Å². The lowest BCUT2D eigenvalue weighted by atomic mass is 9.99. The van der Waals surface area contributed by atoms with E-state index < -0.39 is 120 Å². The third-order valence-electron chi connectivity index (χ3n) is 12.1. The zero-order valence-electron chi connectivity index (χ0n) is 47.8. The van der Waals surface area contributed by atoms with Crippen LogP contribution in [0.25, 0.3) is 0 Å². The minimum Gasteiger partial charge on any atom is -0.391 e. The largest absolute Gasteiger partial charge is 0.391 e. The van der Waals surface area contributed by atoms with Crippen molar-refractivity contribution in [2.45, 2.75) is 207 Å². The Morgan fingerprint density at radius 3 is 1.12 bits per heavy atom. The number of nitrogens with zero attached hydrogens (tertiary/aromatic N) is 1. The molecular formula is C51H98N16O11. The first-order valence-corrected chi connectivity index (χ1v) is 27.3. The Bertz CT molecular complexity index is 1950. The number of hydrogen-bond acceptors (Lipinski definition) is 15. The smallest absolute Gasteiger partial charge is 0.245 e. The van der Waals surface area contributed by atoms with E-state index in [0.717, 1.165) is 0 Å². The molecule has 0 radical (unpaired) electrons. The van der Waals surface area contributed by atoms with E-state index in [1.165, 1.54) is 13.8 Å². The average Bonchev–Trinajstić information content (AvgIpc) is 3.33. The Balaban J connectivity index is 6.69. The fraction of sp³-hybridized carbons (Fsp3) is 0.784. The molecule has 0 saturated heterocycles. The first kappa shape index (κ1) is 71.8. The standard InChI is InChI=1S/C51H98N16O11/c1-27(2)22-36(42(55)70)64-49(77)39(25-30(7)8)66-50(78)41(32(10)68)67-46(74)34(17-12-14-20-53)61-43(71)31(9)59-44(72)35(18-15-21-58-51(56)57)62-45(73)33(16-11-13-19-52)63-48(76)38(24-29(5)6)65-47(75)37(23-28(3)4)60-40(69)26-54/h27-39,41,68H,11-26,52-54H2,1-10H3,(H2,55,70)(H,59,72)(H,60,69)(H,61,71)(H,62,73)(H,63,76)(H,64,77)(H,65,75)(H,66,78)(H,67,74)(H4,56,57,58)/t31-,32+,33-,34-,35-,36-,37-,38-,39-,41-/m0/s1. The van der Waals surface area contributed by atoms with Crippen molar-refractivity contribution in [2.75, 3.05) is 26.2 Å². The number of carbonyl (C=O) groups is 10. The van der Waals surface area contributed by atoms with E-state index in [9.17, 15) is 53.1 Å². The van der Waals surface area contributed by atoms with Gasteiger partial charge in [-0.05, 0) is 128 Å². The summed E-state index contributed by atoms with van der Waals surface area (Å²) in [4.78, 5) is 139. The summed E-state index contributed by atoms with van der Waals surface area (Å²) < 4.78 is 0. The Morgan fingerprint density at radius 2 is 0.731 bits per heavy atom. The zero-order chi connectivity index (χ0) is 59.8. The van der Waals surface area contributed by atoms with Gasteiger partial charge in [-0.1, -0.05) is 55.4 Å². The molecule has 0 aromatic heterocycles. The van der Waals surface area contributed by atoms with Gasteiger partial charge in [0, 0.05) is 6.54 Å². The third kappa shape index (κ3) is 30.1. The number of nitrogens with two attached hydrogens (primary N) is 6. The molecule has 0 rings (SSSR count). The number of aliphatic hydroxyl groups excluding tert-OH is 1. The molecule has 0 bridgehead atoms. The van der Waals surface area contributed by atoms with Gasteiger partial charge in [0.15, 0.2) is 5.96 Å². The van der Waals surface area contributed by atoms with E-state index in [0.29, 0.717) is 25.7 Å². The number of guanidine groups is 1. The summed E-state index contributed by atoms with van der Waals surface area (Å²) in [6.45, 7) is 17.5. The van der Waals surface area contributed by atoms with Gasteiger partial charge in [-0.2, -0.15) is 0 Å². The molecule has 0 heterocycles. The number of primary amides is 1. The third-order valence-corrected chi connectivity index (χ3v) is 12.1. The predicted octanol–water partition coefficient (Wildman–Crippen LogP) is -3.31. The lowest BCUT2D eigenvalue weighted by Crippen LogP contribution is -2.61. The number of aliphatic hydroxyl groups is 1. The van der Waals surface area contributed by atoms with Crippen LogP contribution >= 0.6 is 0 Å². The highest BCUT2D eigenvalue weighted by atomic mass is 16.3. The molecule has 448 valence electrons. The summed E-state index contributed by atoms with van der Waals surface area (Å²) in [7, 11) is 0. The second-order valence-corrected chi connectivity index (χ2v) is 21.6. The van der Waals surface area contributed by atoms with E-state index in [-0.39, 0.29) is 107 Å². The molecule has 0 aromatic rings. The van der Waals surface area contributed by atoms with Gasteiger partial charge in [0.2, 0.25) is 59.1 Å². The van der Waals surface area contributed by atoms with Crippen LogP contribution in [-0.4, -0.2) is 157 Å². The van der Waals surface area contributed by atoms with Gasteiger partial charge in [0.05, 0.1) is 12.6 Å². The second-order valence-electron chi connectivity index (χ2n) is 21.6. The Morgan fingerprint density at radius 1 is 0.397 bits per heavy atom. The van der Waals surface area contributed by atoms with Crippen LogP contribution in [0.1, 0.15) is 146 Å². The fourth-order valence-electron chi connectivity index (χ4n) is 8.06. The van der Waals surface area contributed by atoms with Crippen molar-refractivity contribution in [1.29, 1.82) is 0 Å². The SMILES string of the molecule is CC(C)C[C@H](NC(=O)[C@H](CC(C)C)NC(=O)[C@@H](NC(=O)[C@H](CCCCN)NC(=O)[C@H](C)NC(=O)[C@H](CCCN=C(N)N)NC(=O)[C@H](CCCCN)NC(=O)[C@H](CC(C)C)NC(=O)[C@H](CC(C)C)NC(=O)CN)[C@@H](C)O)C(N)=O. The van der Waals surface area contributed by atoms with Gasteiger partial charge < -0.3 is 87.4 Å². The van der Waals surface area contributed by atoms with Crippen molar-refractivity contribution in [3.63, 3.8) is 0 Å². The van der Waals surface area contributed by atoms with E-state index in [1.54, 1.807) is 0 Å². The van der Waals surface area contributed by atoms with Gasteiger partial charge in [-0.3, -0.25) is 52.9 Å². The summed E-state index contributed by atoms with van der Waals surface area (Å²) in [6, 6.07) is -11.2. The molecule has 0 saturated carbocycles. The lowest BCUT2D eigenvalue weighted by Gasteiger charge is -2.29. The maximum Gasteiger partial charge on any atom is 0.245 e. The molecule has 0 aliphatic carbocycles. The molecule has 0 aromatic carbocycles. The molecule has 0 spiro atoms. The predicted molar refractivity (Wildman–Crippen MR) is 297 cm³/mol. The average molecular weight is 1110 g/mol. The van der Waals surface area contributed by atoms with Crippen molar-refractivity contribution in [1.82, 2.24) is 47.9 Å². The topological polar surface area (TPSA) is 468 Å². The number of unbranched alkanes of at least 4 members (excludes halogenated alkanes) is 2. The molecule has 0 aliphatic rings. The summed E-state index contributed by atoms with van der Waals surface area (Å²) in [5.41, 5.74) is 33.6. The maximum absolute atomic E-state index is 14.2. The normalized spacial score (nSPS) is 15.2. The highest BCUT2D eigenvalue weighted by Gasteiger charge is 2.36. The van der Waals surface area contributed by atoms with E-state index in [1.807, 2.05) is 55.4 Å². The lowest BCUT2D eigenvalue weighted by molar-refractivity contribution is -0.137. The number of aliphatic imine (C=N–C) groups is 1. The van der Waals surface area contributed by atoms with Crippen molar-refractivity contribution in [2.24, 2.45) is 63.1 Å². The molecule has 10 atom stereocenters. The van der Waals surface area contributed by atoms with Crippen molar-refractivity contribution in [3.05, 3.63) is 0 Å². The maximum atomic E-state index is 14.2. The van der Waals surface area contributed by atoms with Crippen LogP contribution in [0.5, 0.6) is 0 Å². The van der Waals surface area contributed by atoms with Gasteiger partial charge in [0.25, 0.3) is 0 Å². The zero-order valence-corrected chi connectivity index (χ0v) is 47.8. The Labute approximate surface area is 460 Å². The van der Waals surface area contributed by atoms with E-state index in [4.69, 9.17) is 34.4 Å². The number of nitrogens with one attached hydrogen (secondary N) is 9. The molecule has 0 unspecified atom stereocenters. The van der Waals surface area contributed by atoms with E-state index in [2.05, 4.69) is 52.8 Å². The molecule has 0 aliphatic heterocycles. The van der Waals surface area contributed by atoms with Crippen LogP contribution < -0.4 is 82.3 Å². The molecule has 27 heteroatoms. The first-order valence-electron chi connectivity index (χ1n) is 27.3. The van der Waals surface area contributed by atoms with Crippen LogP contribution in [0, 0.1) is 23.7 Å². The summed E-state index contributed by atoms with van der Waals surface area (Å²) in [5, 5.41) is 34.4. The van der Waals surface area contributed by atoms with Crippen LogP contribution in [0.3, 0.4) is 0 Å². The molecule has 22 N–H and O–H groups in total.